The molecule has 7 nitrogen and oxygen atoms in total. The van der Waals surface area contributed by atoms with E-state index in [1.54, 1.807) is 36.4 Å². The highest BCUT2D eigenvalue weighted by Gasteiger charge is 2.24. The summed E-state index contributed by atoms with van der Waals surface area (Å²) >= 11 is 5.82. The Bertz CT molecular complexity index is 1650. The Kier molecular flexibility index (Phi) is 7.75. The van der Waals surface area contributed by atoms with Crippen LogP contribution in [0.3, 0.4) is 0 Å². The molecule has 6 rings (SSSR count). The molecule has 0 aliphatic carbocycles. The van der Waals surface area contributed by atoms with Gasteiger partial charge in [-0.1, -0.05) is 23.7 Å². The molecule has 0 saturated carbocycles. The maximum absolute atomic E-state index is 14.5. The van der Waals surface area contributed by atoms with E-state index in [1.165, 1.54) is 18.2 Å². The summed E-state index contributed by atoms with van der Waals surface area (Å²) in [6.07, 6.45) is 3.82. The number of halogens is 3. The number of carbonyl (C=O) groups is 1. The van der Waals surface area contributed by atoms with Crippen LogP contribution in [-0.2, 0) is 24.4 Å². The molecule has 0 unspecified atom stereocenters. The van der Waals surface area contributed by atoms with Gasteiger partial charge in [0.15, 0.2) is 0 Å². The van der Waals surface area contributed by atoms with Gasteiger partial charge in [-0.25, -0.2) is 18.6 Å². The number of hydrogen-bond donors (Lipinski definition) is 1. The maximum atomic E-state index is 14.5. The van der Waals surface area contributed by atoms with Crippen LogP contribution in [0.5, 0.6) is 5.75 Å². The van der Waals surface area contributed by atoms with Crippen LogP contribution in [0.2, 0.25) is 5.02 Å². The molecule has 1 fully saturated rings. The lowest BCUT2D eigenvalue weighted by molar-refractivity contribution is -0.0591. The third-order valence-corrected chi connectivity index (χ3v) is 7.80. The van der Waals surface area contributed by atoms with Gasteiger partial charge in [-0.2, -0.15) is 0 Å². The molecular weight excluding hydrogens is 552 g/mol. The molecule has 1 saturated heterocycles. The van der Waals surface area contributed by atoms with Gasteiger partial charge in [0.2, 0.25) is 0 Å². The Morgan fingerprint density at radius 3 is 2.71 bits per heavy atom. The van der Waals surface area contributed by atoms with Gasteiger partial charge in [0, 0.05) is 36.3 Å². The molecule has 10 heteroatoms. The van der Waals surface area contributed by atoms with Crippen LogP contribution in [0.4, 0.5) is 8.78 Å². The summed E-state index contributed by atoms with van der Waals surface area (Å²) in [5, 5.41) is 9.78. The lowest BCUT2D eigenvalue weighted by atomic mass is 9.99. The molecule has 2 aliphatic heterocycles. The Hall–Kier alpha value is -3.79. The molecule has 41 heavy (non-hydrogen) atoms. The number of carboxylic acids is 1. The molecule has 0 radical (unpaired) electrons. The van der Waals surface area contributed by atoms with Crippen LogP contribution < -0.4 is 4.74 Å². The molecule has 3 heterocycles. The van der Waals surface area contributed by atoms with Crippen LogP contribution in [0.15, 0.2) is 60.7 Å². The summed E-state index contributed by atoms with van der Waals surface area (Å²) in [5.74, 6) is -0.695. The highest BCUT2D eigenvalue weighted by Crippen LogP contribution is 2.29. The SMILES string of the molecule is O=C(O)c1ccc2nc(CN3CC=C(c4cc(F)cc(OCc5ccc(Cl)cc5F)c4)CC3)n(C[C@@H]3CCO3)c2c1. The number of aromatic carboxylic acids is 1. The third kappa shape index (κ3) is 6.12. The monoisotopic (exact) mass is 579 g/mol. The van der Waals surface area contributed by atoms with E-state index < -0.39 is 17.6 Å². The van der Waals surface area contributed by atoms with E-state index >= 15 is 0 Å². The minimum absolute atomic E-state index is 0.0421. The van der Waals surface area contributed by atoms with E-state index in [-0.39, 0.29) is 18.3 Å². The number of benzene rings is 3. The summed E-state index contributed by atoms with van der Waals surface area (Å²) in [6.45, 7) is 3.27. The van der Waals surface area contributed by atoms with E-state index in [2.05, 4.69) is 15.5 Å². The standard InChI is InChI=1S/C31H28ClF2N3O4/c32-23-3-1-21(27(34)14-23)18-41-26-12-22(11-24(33)15-26)19-5-8-36(9-6-19)17-30-35-28-4-2-20(31(38)39)13-29(28)37(30)16-25-7-10-40-25/h1-5,11-15,25H,6-10,16-18H2,(H,38,39)/t25-/m0/s1. The van der Waals surface area contributed by atoms with Gasteiger partial charge in [-0.05, 0) is 66.4 Å². The fourth-order valence-corrected chi connectivity index (χ4v) is 5.37. The van der Waals surface area contributed by atoms with Gasteiger partial charge in [-0.3, -0.25) is 4.90 Å². The molecule has 4 aromatic rings. The van der Waals surface area contributed by atoms with Crippen molar-refractivity contribution in [3.8, 4) is 5.75 Å². The normalized spacial score (nSPS) is 17.3. The molecule has 0 bridgehead atoms. The van der Waals surface area contributed by atoms with Crippen molar-refractivity contribution in [3.63, 3.8) is 0 Å². The van der Waals surface area contributed by atoms with Gasteiger partial charge in [0.1, 0.15) is 29.8 Å². The third-order valence-electron chi connectivity index (χ3n) is 7.56. The van der Waals surface area contributed by atoms with Crippen LogP contribution in [-0.4, -0.2) is 51.3 Å². The van der Waals surface area contributed by atoms with E-state index in [0.29, 0.717) is 42.4 Å². The first-order chi connectivity index (χ1) is 19.8. The fraction of sp³-hybridized carbons (Fsp3) is 0.290. The van der Waals surface area contributed by atoms with E-state index in [0.717, 1.165) is 47.6 Å². The second kappa shape index (κ2) is 11.6. The summed E-state index contributed by atoms with van der Waals surface area (Å²) in [4.78, 5) is 18.6. The summed E-state index contributed by atoms with van der Waals surface area (Å²) < 4.78 is 42.1. The average molecular weight is 580 g/mol. The molecule has 1 atom stereocenters. The number of imidazole rings is 1. The minimum Gasteiger partial charge on any atom is -0.489 e. The first kappa shape index (κ1) is 27.4. The van der Waals surface area contributed by atoms with E-state index in [4.69, 9.17) is 26.1 Å². The lowest BCUT2D eigenvalue weighted by Crippen LogP contribution is -2.33. The van der Waals surface area contributed by atoms with Crippen molar-refractivity contribution in [2.75, 3.05) is 19.7 Å². The number of ether oxygens (including phenoxy) is 2. The number of aromatic nitrogens is 2. The smallest absolute Gasteiger partial charge is 0.335 e. The maximum Gasteiger partial charge on any atom is 0.335 e. The zero-order valence-electron chi connectivity index (χ0n) is 22.2. The van der Waals surface area contributed by atoms with Crippen molar-refractivity contribution in [2.24, 2.45) is 0 Å². The van der Waals surface area contributed by atoms with Gasteiger partial charge in [0.25, 0.3) is 0 Å². The zero-order valence-corrected chi connectivity index (χ0v) is 22.9. The molecule has 0 amide bonds. The quantitative estimate of drug-likeness (QED) is 0.250. The number of fused-ring (bicyclic) bond motifs is 1. The van der Waals surface area contributed by atoms with E-state index in [9.17, 15) is 18.7 Å². The molecule has 0 spiro atoms. The number of nitrogens with zero attached hydrogens (tertiary/aromatic N) is 3. The van der Waals surface area contributed by atoms with Crippen LogP contribution in [0, 0.1) is 11.6 Å². The van der Waals surface area contributed by atoms with Gasteiger partial charge in [0.05, 0.1) is 35.8 Å². The summed E-state index contributed by atoms with van der Waals surface area (Å²) in [7, 11) is 0. The Balaban J connectivity index is 1.17. The largest absolute Gasteiger partial charge is 0.489 e. The highest BCUT2D eigenvalue weighted by atomic mass is 35.5. The summed E-state index contributed by atoms with van der Waals surface area (Å²) in [5.41, 5.74) is 3.83. The van der Waals surface area contributed by atoms with Gasteiger partial charge < -0.3 is 19.1 Å². The molecule has 3 aromatic carbocycles. The van der Waals surface area contributed by atoms with Crippen molar-refractivity contribution in [2.45, 2.75) is 38.6 Å². The number of rotatable bonds is 9. The Labute approximate surface area is 240 Å². The second-order valence-electron chi connectivity index (χ2n) is 10.3. The summed E-state index contributed by atoms with van der Waals surface area (Å²) in [6, 6.07) is 13.9. The van der Waals surface area contributed by atoms with Crippen molar-refractivity contribution < 1.29 is 28.2 Å². The predicted octanol–water partition coefficient (Wildman–Crippen LogP) is 6.32. The van der Waals surface area contributed by atoms with Gasteiger partial charge in [-0.15, -0.1) is 0 Å². The van der Waals surface area contributed by atoms with E-state index in [1.807, 2.05) is 0 Å². The van der Waals surface area contributed by atoms with Crippen LogP contribution >= 0.6 is 11.6 Å². The minimum atomic E-state index is -0.974. The second-order valence-corrected chi connectivity index (χ2v) is 10.8. The molecule has 212 valence electrons. The van der Waals surface area contributed by atoms with Crippen molar-refractivity contribution in [1.82, 2.24) is 14.5 Å². The number of carboxylic acid groups (broad SMARTS) is 1. The highest BCUT2D eigenvalue weighted by molar-refractivity contribution is 6.30. The number of hydrogen-bond acceptors (Lipinski definition) is 5. The van der Waals surface area contributed by atoms with Crippen molar-refractivity contribution in [3.05, 3.63) is 99.8 Å². The topological polar surface area (TPSA) is 76.8 Å². The molecule has 1 N–H and O–H groups in total. The first-order valence-electron chi connectivity index (χ1n) is 13.5. The average Bonchev–Trinajstić information content (AvgIpc) is 3.26. The van der Waals surface area contributed by atoms with Gasteiger partial charge >= 0.3 is 5.97 Å². The Morgan fingerprint density at radius 2 is 2.00 bits per heavy atom. The molecular formula is C31H28ClF2N3O4. The first-order valence-corrected chi connectivity index (χ1v) is 13.8. The van der Waals surface area contributed by atoms with Crippen molar-refractivity contribution in [1.29, 1.82) is 0 Å². The molecule has 1 aromatic heterocycles. The Morgan fingerprint density at radius 1 is 1.15 bits per heavy atom. The van der Waals surface area contributed by atoms with Crippen LogP contribution in [0.25, 0.3) is 16.6 Å². The van der Waals surface area contributed by atoms with Crippen molar-refractivity contribution >= 4 is 34.2 Å². The molecule has 2 aliphatic rings. The predicted molar refractivity (Wildman–Crippen MR) is 151 cm³/mol. The lowest BCUT2D eigenvalue weighted by Gasteiger charge is -2.29. The van der Waals surface area contributed by atoms with Crippen LogP contribution in [0.1, 0.15) is 40.2 Å². The zero-order chi connectivity index (χ0) is 28.5. The fourth-order valence-electron chi connectivity index (χ4n) is 5.21.